The summed E-state index contributed by atoms with van der Waals surface area (Å²) < 4.78 is 10.7. The summed E-state index contributed by atoms with van der Waals surface area (Å²) in [6.07, 6.45) is 0.704. The Bertz CT molecular complexity index is 333. The third-order valence-corrected chi connectivity index (χ3v) is 2.54. The largest absolute Gasteiger partial charge is 0.496 e. The van der Waals surface area contributed by atoms with Crippen LogP contribution in [0, 0.1) is 6.92 Å². The van der Waals surface area contributed by atoms with Crippen molar-refractivity contribution in [1.29, 1.82) is 0 Å². The van der Waals surface area contributed by atoms with Crippen LogP contribution in [0.4, 0.5) is 0 Å². The Hall–Kier alpha value is -0.970. The molecule has 0 fully saturated rings. The van der Waals surface area contributed by atoms with Crippen LogP contribution in [0.1, 0.15) is 23.6 Å². The van der Waals surface area contributed by atoms with Gasteiger partial charge < -0.3 is 20.9 Å². The predicted molar refractivity (Wildman–Crippen MR) is 72.1 cm³/mol. The number of hydrogen-bond acceptors (Lipinski definition) is 4. The van der Waals surface area contributed by atoms with Gasteiger partial charge in [0.2, 0.25) is 0 Å². The van der Waals surface area contributed by atoms with E-state index in [1.807, 2.05) is 19.1 Å². The van der Waals surface area contributed by atoms with Gasteiger partial charge in [-0.2, -0.15) is 0 Å². The molecule has 1 rings (SSSR count). The number of benzene rings is 1. The second-order valence-electron chi connectivity index (χ2n) is 3.77. The highest BCUT2D eigenvalue weighted by Crippen LogP contribution is 2.35. The molecule has 0 heterocycles. The molecule has 0 aliphatic heterocycles. The Morgan fingerprint density at radius 3 is 2.00 bits per heavy atom. The minimum atomic E-state index is -0.157. The van der Waals surface area contributed by atoms with E-state index < -0.39 is 0 Å². The van der Waals surface area contributed by atoms with Gasteiger partial charge in [0.15, 0.2) is 0 Å². The Kier molecular flexibility index (Phi) is 6.95. The van der Waals surface area contributed by atoms with Crippen LogP contribution < -0.4 is 20.9 Å². The molecule has 0 saturated carbocycles. The lowest BCUT2D eigenvalue weighted by molar-refractivity contribution is 0.377. The molecule has 1 atom stereocenters. The molecule has 98 valence electrons. The van der Waals surface area contributed by atoms with Gasteiger partial charge in [0.1, 0.15) is 11.5 Å². The third-order valence-electron chi connectivity index (χ3n) is 2.54. The van der Waals surface area contributed by atoms with Crippen LogP contribution in [0.25, 0.3) is 0 Å². The topological polar surface area (TPSA) is 70.5 Å². The van der Waals surface area contributed by atoms with Gasteiger partial charge in [-0.05, 0) is 37.6 Å². The second kappa shape index (κ2) is 7.37. The average Bonchev–Trinajstić information content (AvgIpc) is 2.27. The number of halogens is 1. The van der Waals surface area contributed by atoms with E-state index in [4.69, 9.17) is 20.9 Å². The van der Waals surface area contributed by atoms with Gasteiger partial charge in [0.05, 0.1) is 19.8 Å². The average molecular weight is 261 g/mol. The second-order valence-corrected chi connectivity index (χ2v) is 3.77. The van der Waals surface area contributed by atoms with E-state index in [1.165, 1.54) is 0 Å². The molecule has 0 aliphatic carbocycles. The molecule has 0 aliphatic rings. The lowest BCUT2D eigenvalue weighted by Crippen LogP contribution is -2.17. The highest BCUT2D eigenvalue weighted by Gasteiger charge is 2.17. The fourth-order valence-corrected chi connectivity index (χ4v) is 1.76. The minimum absolute atomic E-state index is 0. The molecular formula is C12H21ClN2O2. The van der Waals surface area contributed by atoms with E-state index >= 15 is 0 Å². The third kappa shape index (κ3) is 3.77. The smallest absolute Gasteiger partial charge is 0.127 e. The quantitative estimate of drug-likeness (QED) is 0.847. The zero-order valence-corrected chi connectivity index (χ0v) is 11.3. The molecule has 0 amide bonds. The monoisotopic (exact) mass is 260 g/mol. The summed E-state index contributed by atoms with van der Waals surface area (Å²) in [6.45, 7) is 2.53. The van der Waals surface area contributed by atoms with E-state index in [1.54, 1.807) is 14.2 Å². The molecule has 1 aromatic carbocycles. The zero-order valence-electron chi connectivity index (χ0n) is 10.5. The van der Waals surface area contributed by atoms with Gasteiger partial charge in [-0.3, -0.25) is 0 Å². The molecule has 5 heteroatoms. The summed E-state index contributed by atoms with van der Waals surface area (Å²) in [7, 11) is 3.26. The van der Waals surface area contributed by atoms with E-state index in [9.17, 15) is 0 Å². The summed E-state index contributed by atoms with van der Waals surface area (Å²) in [6, 6.07) is 3.75. The van der Waals surface area contributed by atoms with Gasteiger partial charge in [-0.15, -0.1) is 12.4 Å². The van der Waals surface area contributed by atoms with Crippen LogP contribution >= 0.6 is 12.4 Å². The van der Waals surface area contributed by atoms with Gasteiger partial charge in [-0.25, -0.2) is 0 Å². The summed E-state index contributed by atoms with van der Waals surface area (Å²) in [5.74, 6) is 1.52. The highest BCUT2D eigenvalue weighted by atomic mass is 35.5. The Morgan fingerprint density at radius 2 is 1.65 bits per heavy atom. The van der Waals surface area contributed by atoms with Gasteiger partial charge in [-0.1, -0.05) is 0 Å². The molecule has 0 aromatic heterocycles. The first kappa shape index (κ1) is 16.0. The standard InChI is InChI=1S/C12H20N2O2.ClH/c1-8-6-10(15-2)12(9(14)4-5-13)11(7-8)16-3;/h6-7,9H,4-5,13-14H2,1-3H3;1H/t9-;/m0./s1. The number of rotatable bonds is 5. The van der Waals surface area contributed by atoms with Crippen LogP contribution in [0.15, 0.2) is 12.1 Å². The van der Waals surface area contributed by atoms with E-state index in [-0.39, 0.29) is 18.4 Å². The van der Waals surface area contributed by atoms with Crippen molar-refractivity contribution >= 4 is 12.4 Å². The Balaban J connectivity index is 0.00000256. The Labute approximate surface area is 109 Å². The number of aryl methyl sites for hydroxylation is 1. The maximum Gasteiger partial charge on any atom is 0.127 e. The van der Waals surface area contributed by atoms with Crippen LogP contribution in [-0.4, -0.2) is 20.8 Å². The number of nitrogens with two attached hydrogens (primary N) is 2. The van der Waals surface area contributed by atoms with Crippen LogP contribution in [-0.2, 0) is 0 Å². The lowest BCUT2D eigenvalue weighted by Gasteiger charge is -2.19. The summed E-state index contributed by atoms with van der Waals surface area (Å²) in [5, 5.41) is 0. The first-order chi connectivity index (χ1) is 7.63. The first-order valence-corrected chi connectivity index (χ1v) is 5.32. The van der Waals surface area contributed by atoms with Crippen molar-refractivity contribution in [2.75, 3.05) is 20.8 Å². The van der Waals surface area contributed by atoms with Gasteiger partial charge in [0.25, 0.3) is 0 Å². The van der Waals surface area contributed by atoms with Gasteiger partial charge in [0, 0.05) is 6.04 Å². The molecule has 4 N–H and O–H groups in total. The van der Waals surface area contributed by atoms with Crippen molar-refractivity contribution in [3.05, 3.63) is 23.3 Å². The molecular weight excluding hydrogens is 240 g/mol. The van der Waals surface area contributed by atoms with E-state index in [2.05, 4.69) is 0 Å². The summed E-state index contributed by atoms with van der Waals surface area (Å²) in [5.41, 5.74) is 13.6. The fraction of sp³-hybridized carbons (Fsp3) is 0.500. The van der Waals surface area contributed by atoms with Crippen molar-refractivity contribution < 1.29 is 9.47 Å². The fourth-order valence-electron chi connectivity index (χ4n) is 1.76. The predicted octanol–water partition coefficient (Wildman–Crippen LogP) is 1.78. The molecule has 4 nitrogen and oxygen atoms in total. The van der Waals surface area contributed by atoms with Crippen molar-refractivity contribution in [3.8, 4) is 11.5 Å². The Morgan fingerprint density at radius 1 is 1.18 bits per heavy atom. The molecule has 0 saturated heterocycles. The van der Waals surface area contributed by atoms with Crippen molar-refractivity contribution in [2.24, 2.45) is 11.5 Å². The normalized spacial score (nSPS) is 11.6. The van der Waals surface area contributed by atoms with Crippen molar-refractivity contribution in [3.63, 3.8) is 0 Å². The van der Waals surface area contributed by atoms with Crippen LogP contribution in [0.3, 0.4) is 0 Å². The maximum absolute atomic E-state index is 6.07. The first-order valence-electron chi connectivity index (χ1n) is 5.32. The molecule has 1 aromatic rings. The number of hydrogen-bond donors (Lipinski definition) is 2. The number of ether oxygens (including phenoxy) is 2. The lowest BCUT2D eigenvalue weighted by atomic mass is 10.0. The molecule has 0 unspecified atom stereocenters. The molecule has 0 spiro atoms. The van der Waals surface area contributed by atoms with Crippen LogP contribution in [0.2, 0.25) is 0 Å². The summed E-state index contributed by atoms with van der Waals surface area (Å²) in [4.78, 5) is 0. The van der Waals surface area contributed by atoms with Crippen LogP contribution in [0.5, 0.6) is 11.5 Å². The minimum Gasteiger partial charge on any atom is -0.496 e. The SMILES string of the molecule is COc1cc(C)cc(OC)c1[C@@H](N)CCN.Cl. The highest BCUT2D eigenvalue weighted by molar-refractivity contribution is 5.85. The molecule has 0 bridgehead atoms. The van der Waals surface area contributed by atoms with Crippen molar-refractivity contribution in [2.45, 2.75) is 19.4 Å². The van der Waals surface area contributed by atoms with E-state index in [0.29, 0.717) is 13.0 Å². The molecule has 17 heavy (non-hydrogen) atoms. The van der Waals surface area contributed by atoms with E-state index in [0.717, 1.165) is 22.6 Å². The summed E-state index contributed by atoms with van der Waals surface area (Å²) >= 11 is 0. The molecule has 0 radical (unpaired) electrons. The zero-order chi connectivity index (χ0) is 12.1. The van der Waals surface area contributed by atoms with Crippen molar-refractivity contribution in [1.82, 2.24) is 0 Å². The number of methoxy groups -OCH3 is 2. The maximum atomic E-state index is 6.07. The van der Waals surface area contributed by atoms with Gasteiger partial charge >= 0.3 is 0 Å².